The SMILES string of the molecule is COC(=O)C(C)(N)CCCOC1CCCc2ccccc21. The molecule has 0 aliphatic heterocycles. The van der Waals surface area contributed by atoms with Crippen LogP contribution in [-0.4, -0.2) is 25.2 Å². The van der Waals surface area contributed by atoms with Crippen molar-refractivity contribution < 1.29 is 14.3 Å². The van der Waals surface area contributed by atoms with Crippen LogP contribution in [-0.2, 0) is 20.7 Å². The van der Waals surface area contributed by atoms with Crippen molar-refractivity contribution in [2.24, 2.45) is 5.73 Å². The maximum atomic E-state index is 11.5. The lowest BCUT2D eigenvalue weighted by molar-refractivity contribution is -0.146. The molecule has 1 aromatic rings. The van der Waals surface area contributed by atoms with E-state index in [1.54, 1.807) is 6.92 Å². The van der Waals surface area contributed by atoms with Crippen molar-refractivity contribution in [2.45, 2.75) is 50.7 Å². The Morgan fingerprint density at radius 3 is 2.95 bits per heavy atom. The fourth-order valence-corrected chi connectivity index (χ4v) is 2.88. The predicted molar refractivity (Wildman–Crippen MR) is 81.9 cm³/mol. The Labute approximate surface area is 126 Å². The zero-order valence-electron chi connectivity index (χ0n) is 12.9. The number of fused-ring (bicyclic) bond motifs is 1. The third-order valence-corrected chi connectivity index (χ3v) is 4.13. The summed E-state index contributed by atoms with van der Waals surface area (Å²) in [6.07, 6.45) is 4.86. The van der Waals surface area contributed by atoms with Gasteiger partial charge in [-0.3, -0.25) is 4.79 Å². The minimum atomic E-state index is -0.928. The number of methoxy groups -OCH3 is 1. The molecule has 0 saturated heterocycles. The number of ether oxygens (including phenoxy) is 2. The number of hydrogen-bond acceptors (Lipinski definition) is 4. The third-order valence-electron chi connectivity index (χ3n) is 4.13. The topological polar surface area (TPSA) is 61.5 Å². The number of carbonyl (C=O) groups is 1. The average Bonchev–Trinajstić information content (AvgIpc) is 2.50. The van der Waals surface area contributed by atoms with Crippen molar-refractivity contribution in [3.8, 4) is 0 Å². The van der Waals surface area contributed by atoms with Crippen molar-refractivity contribution in [1.82, 2.24) is 0 Å². The molecule has 1 aromatic carbocycles. The minimum Gasteiger partial charge on any atom is -0.468 e. The molecule has 1 aliphatic carbocycles. The fraction of sp³-hybridized carbons (Fsp3) is 0.588. The van der Waals surface area contributed by atoms with E-state index in [9.17, 15) is 4.79 Å². The average molecular weight is 291 g/mol. The molecule has 2 unspecified atom stereocenters. The Morgan fingerprint density at radius 1 is 1.43 bits per heavy atom. The van der Waals surface area contributed by atoms with Gasteiger partial charge in [0.25, 0.3) is 0 Å². The summed E-state index contributed by atoms with van der Waals surface area (Å²) in [5.74, 6) is -0.370. The fourth-order valence-electron chi connectivity index (χ4n) is 2.88. The van der Waals surface area contributed by atoms with E-state index in [1.165, 1.54) is 24.7 Å². The van der Waals surface area contributed by atoms with Gasteiger partial charge in [0.1, 0.15) is 5.54 Å². The number of nitrogens with two attached hydrogens (primary N) is 1. The summed E-state index contributed by atoms with van der Waals surface area (Å²) in [7, 11) is 1.36. The molecule has 116 valence electrons. The molecule has 21 heavy (non-hydrogen) atoms. The number of rotatable bonds is 6. The summed E-state index contributed by atoms with van der Waals surface area (Å²) < 4.78 is 10.7. The molecule has 0 fully saturated rings. The van der Waals surface area contributed by atoms with Gasteiger partial charge < -0.3 is 15.2 Å². The number of hydrogen-bond donors (Lipinski definition) is 1. The second kappa shape index (κ2) is 7.05. The van der Waals surface area contributed by atoms with Gasteiger partial charge >= 0.3 is 5.97 Å². The van der Waals surface area contributed by atoms with E-state index in [-0.39, 0.29) is 12.1 Å². The van der Waals surface area contributed by atoms with Gasteiger partial charge in [-0.15, -0.1) is 0 Å². The first-order valence-electron chi connectivity index (χ1n) is 7.61. The summed E-state index contributed by atoms with van der Waals surface area (Å²) >= 11 is 0. The van der Waals surface area contributed by atoms with E-state index in [0.717, 1.165) is 19.3 Å². The lowest BCUT2D eigenvalue weighted by Crippen LogP contribution is -2.45. The zero-order valence-corrected chi connectivity index (χ0v) is 12.9. The van der Waals surface area contributed by atoms with E-state index >= 15 is 0 Å². The zero-order chi connectivity index (χ0) is 15.3. The summed E-state index contributed by atoms with van der Waals surface area (Å²) in [6, 6.07) is 8.48. The molecule has 1 aliphatic rings. The number of carbonyl (C=O) groups excluding carboxylic acids is 1. The second-order valence-electron chi connectivity index (χ2n) is 5.96. The van der Waals surface area contributed by atoms with Crippen LogP contribution in [0.3, 0.4) is 0 Å². The molecule has 0 radical (unpaired) electrons. The molecule has 0 aromatic heterocycles. The van der Waals surface area contributed by atoms with Crippen molar-refractivity contribution in [3.63, 3.8) is 0 Å². The van der Waals surface area contributed by atoms with Gasteiger partial charge in [-0.2, -0.15) is 0 Å². The van der Waals surface area contributed by atoms with Gasteiger partial charge in [-0.05, 0) is 50.2 Å². The van der Waals surface area contributed by atoms with Crippen molar-refractivity contribution in [2.75, 3.05) is 13.7 Å². The number of benzene rings is 1. The van der Waals surface area contributed by atoms with E-state index in [4.69, 9.17) is 15.2 Å². The van der Waals surface area contributed by atoms with Crippen LogP contribution < -0.4 is 5.73 Å². The Balaban J connectivity index is 1.81. The summed E-state index contributed by atoms with van der Waals surface area (Å²) in [6.45, 7) is 2.32. The predicted octanol–water partition coefficient (Wildman–Crippen LogP) is 2.75. The van der Waals surface area contributed by atoms with E-state index < -0.39 is 5.54 Å². The molecular weight excluding hydrogens is 266 g/mol. The second-order valence-corrected chi connectivity index (χ2v) is 5.96. The van der Waals surface area contributed by atoms with Crippen molar-refractivity contribution in [3.05, 3.63) is 35.4 Å². The highest BCUT2D eigenvalue weighted by Crippen LogP contribution is 2.32. The van der Waals surface area contributed by atoms with Gasteiger partial charge in [-0.25, -0.2) is 0 Å². The molecule has 0 heterocycles. The molecule has 2 atom stereocenters. The third kappa shape index (κ3) is 4.05. The van der Waals surface area contributed by atoms with Crippen LogP contribution in [0, 0.1) is 0 Å². The lowest BCUT2D eigenvalue weighted by atomic mass is 9.89. The van der Waals surface area contributed by atoms with Gasteiger partial charge in [0, 0.05) is 6.61 Å². The Morgan fingerprint density at radius 2 is 2.19 bits per heavy atom. The molecular formula is C17H25NO3. The van der Waals surface area contributed by atoms with Gasteiger partial charge in [0.2, 0.25) is 0 Å². The van der Waals surface area contributed by atoms with E-state index in [1.807, 2.05) is 0 Å². The lowest BCUT2D eigenvalue weighted by Gasteiger charge is -2.26. The normalized spacial score (nSPS) is 20.4. The Hall–Kier alpha value is -1.39. The smallest absolute Gasteiger partial charge is 0.325 e. The quantitative estimate of drug-likeness (QED) is 0.646. The molecule has 0 saturated carbocycles. The molecule has 4 heteroatoms. The molecule has 0 spiro atoms. The van der Waals surface area contributed by atoms with Crippen LogP contribution in [0.1, 0.15) is 49.8 Å². The van der Waals surface area contributed by atoms with Gasteiger partial charge in [0.15, 0.2) is 0 Å². The first kappa shape index (κ1) is 16.0. The van der Waals surface area contributed by atoms with Crippen LogP contribution in [0.15, 0.2) is 24.3 Å². The minimum absolute atomic E-state index is 0.178. The highest BCUT2D eigenvalue weighted by atomic mass is 16.5. The molecule has 4 nitrogen and oxygen atoms in total. The van der Waals surface area contributed by atoms with Crippen molar-refractivity contribution in [1.29, 1.82) is 0 Å². The highest BCUT2D eigenvalue weighted by molar-refractivity contribution is 5.79. The van der Waals surface area contributed by atoms with Crippen LogP contribution in [0.25, 0.3) is 0 Å². The van der Waals surface area contributed by atoms with E-state index in [2.05, 4.69) is 24.3 Å². The first-order chi connectivity index (χ1) is 10.0. The molecule has 0 amide bonds. The van der Waals surface area contributed by atoms with Crippen LogP contribution in [0.2, 0.25) is 0 Å². The maximum Gasteiger partial charge on any atom is 0.325 e. The summed E-state index contributed by atoms with van der Waals surface area (Å²) in [4.78, 5) is 11.5. The first-order valence-corrected chi connectivity index (χ1v) is 7.61. The summed E-state index contributed by atoms with van der Waals surface area (Å²) in [5.41, 5.74) is 7.72. The monoisotopic (exact) mass is 291 g/mol. The molecule has 2 rings (SSSR count). The van der Waals surface area contributed by atoms with Gasteiger partial charge in [0.05, 0.1) is 13.2 Å². The molecule has 2 N–H and O–H groups in total. The Bertz CT molecular complexity index is 485. The van der Waals surface area contributed by atoms with Crippen LogP contribution in [0.4, 0.5) is 0 Å². The summed E-state index contributed by atoms with van der Waals surface area (Å²) in [5, 5.41) is 0. The number of esters is 1. The number of aryl methyl sites for hydroxylation is 1. The maximum absolute atomic E-state index is 11.5. The standard InChI is InChI=1S/C17H25NO3/c1-17(18,16(19)20-2)11-6-12-21-15-10-5-8-13-7-3-4-9-14(13)15/h3-4,7,9,15H,5-6,8,10-12,18H2,1-2H3. The van der Waals surface area contributed by atoms with Crippen molar-refractivity contribution >= 4 is 5.97 Å². The van der Waals surface area contributed by atoms with Gasteiger partial charge in [-0.1, -0.05) is 24.3 Å². The molecule has 0 bridgehead atoms. The van der Waals surface area contributed by atoms with E-state index in [0.29, 0.717) is 13.0 Å². The largest absolute Gasteiger partial charge is 0.468 e. The van der Waals surface area contributed by atoms with Crippen LogP contribution >= 0.6 is 0 Å². The highest BCUT2D eigenvalue weighted by Gasteiger charge is 2.29. The Kier molecular flexibility index (Phi) is 5.37. The van der Waals surface area contributed by atoms with Crippen LogP contribution in [0.5, 0.6) is 0 Å².